The Balaban J connectivity index is 1.87. The summed E-state index contributed by atoms with van der Waals surface area (Å²) in [6.07, 6.45) is 3.64. The number of sulfonamides is 1. The molecule has 1 aromatic heterocycles. The second kappa shape index (κ2) is 7.64. The summed E-state index contributed by atoms with van der Waals surface area (Å²) < 4.78 is 25.8. The Morgan fingerprint density at radius 1 is 1.38 bits per heavy atom. The summed E-state index contributed by atoms with van der Waals surface area (Å²) in [5, 5.41) is 3.21. The van der Waals surface area contributed by atoms with Crippen molar-refractivity contribution in [2.75, 3.05) is 27.2 Å². The molecule has 0 saturated carbocycles. The van der Waals surface area contributed by atoms with Gasteiger partial charge in [0.15, 0.2) is 0 Å². The number of thiazole rings is 1. The van der Waals surface area contributed by atoms with E-state index in [0.717, 1.165) is 22.2 Å². The van der Waals surface area contributed by atoms with Crippen LogP contribution in [0.15, 0.2) is 34.7 Å². The quantitative estimate of drug-likeness (QED) is 0.772. The molecule has 6 nitrogen and oxygen atoms in total. The number of nitrogens with zero attached hydrogens (tertiary/aromatic N) is 3. The van der Waals surface area contributed by atoms with Gasteiger partial charge in [-0.3, -0.25) is 4.79 Å². The fourth-order valence-corrected chi connectivity index (χ4v) is 4.90. The molecule has 140 valence electrons. The Labute approximate surface area is 162 Å². The van der Waals surface area contributed by atoms with Crippen LogP contribution < -0.4 is 0 Å². The first-order chi connectivity index (χ1) is 12.3. The van der Waals surface area contributed by atoms with Gasteiger partial charge in [0.25, 0.3) is 5.91 Å². The van der Waals surface area contributed by atoms with Crippen LogP contribution in [0.4, 0.5) is 0 Å². The molecular weight excluding hydrogens is 394 g/mol. The first-order valence-electron chi connectivity index (χ1n) is 8.21. The number of benzene rings is 1. The number of carbonyl (C=O) groups is 1. The van der Waals surface area contributed by atoms with Crippen LogP contribution in [0.25, 0.3) is 0 Å². The predicted octanol–water partition coefficient (Wildman–Crippen LogP) is 3.07. The smallest absolute Gasteiger partial charge is 0.255 e. The minimum atomic E-state index is -3.63. The van der Waals surface area contributed by atoms with Crippen LogP contribution in [-0.4, -0.2) is 55.7 Å². The van der Waals surface area contributed by atoms with Crippen molar-refractivity contribution < 1.29 is 13.2 Å². The van der Waals surface area contributed by atoms with E-state index in [1.54, 1.807) is 22.4 Å². The molecule has 1 aliphatic rings. The third-order valence-corrected chi connectivity index (χ3v) is 7.53. The van der Waals surface area contributed by atoms with Crippen molar-refractivity contribution in [1.82, 2.24) is 14.2 Å². The molecule has 0 N–H and O–H groups in total. The lowest BCUT2D eigenvalue weighted by molar-refractivity contribution is 0.0707. The Morgan fingerprint density at radius 3 is 2.81 bits per heavy atom. The molecule has 1 aromatic carbocycles. The number of hydrogen-bond donors (Lipinski definition) is 0. The Morgan fingerprint density at radius 2 is 2.15 bits per heavy atom. The lowest BCUT2D eigenvalue weighted by atomic mass is 9.98. The van der Waals surface area contributed by atoms with Gasteiger partial charge in [-0.05, 0) is 31.0 Å². The molecule has 2 heterocycles. The van der Waals surface area contributed by atoms with E-state index in [9.17, 15) is 13.2 Å². The number of likely N-dealkylation sites (tertiary alicyclic amines) is 1. The van der Waals surface area contributed by atoms with Gasteiger partial charge < -0.3 is 4.90 Å². The fraction of sp³-hybridized carbons (Fsp3) is 0.412. The van der Waals surface area contributed by atoms with Gasteiger partial charge >= 0.3 is 0 Å². The number of amides is 1. The molecule has 0 radical (unpaired) electrons. The highest BCUT2D eigenvalue weighted by molar-refractivity contribution is 7.89. The van der Waals surface area contributed by atoms with Gasteiger partial charge in [0.2, 0.25) is 10.0 Å². The van der Waals surface area contributed by atoms with E-state index < -0.39 is 10.0 Å². The molecule has 1 atom stereocenters. The van der Waals surface area contributed by atoms with Crippen LogP contribution in [0, 0.1) is 0 Å². The third-order valence-electron chi connectivity index (χ3n) is 4.46. The number of hydrogen-bond acceptors (Lipinski definition) is 5. The number of carbonyl (C=O) groups excluding carboxylic acids is 1. The second-order valence-electron chi connectivity index (χ2n) is 6.39. The molecule has 26 heavy (non-hydrogen) atoms. The molecule has 3 rings (SSSR count). The van der Waals surface area contributed by atoms with E-state index in [4.69, 9.17) is 11.6 Å². The van der Waals surface area contributed by atoms with Crippen molar-refractivity contribution in [2.24, 2.45) is 0 Å². The van der Waals surface area contributed by atoms with Gasteiger partial charge in [-0.25, -0.2) is 17.7 Å². The highest BCUT2D eigenvalue weighted by atomic mass is 35.5. The maximum Gasteiger partial charge on any atom is 0.255 e. The summed E-state index contributed by atoms with van der Waals surface area (Å²) in [6, 6.07) is 4.25. The maximum atomic E-state index is 13.0. The topological polar surface area (TPSA) is 70.6 Å². The Bertz CT molecular complexity index is 898. The molecule has 2 aromatic rings. The summed E-state index contributed by atoms with van der Waals surface area (Å²) in [5.74, 6) is -0.0350. The van der Waals surface area contributed by atoms with Gasteiger partial charge in [0, 0.05) is 44.7 Å². The van der Waals surface area contributed by atoms with Crippen LogP contribution in [0.2, 0.25) is 5.02 Å². The predicted molar refractivity (Wildman–Crippen MR) is 102 cm³/mol. The molecule has 1 amide bonds. The largest absolute Gasteiger partial charge is 0.338 e. The Hall–Kier alpha value is -1.48. The summed E-state index contributed by atoms with van der Waals surface area (Å²) in [7, 11) is -0.725. The van der Waals surface area contributed by atoms with Crippen molar-refractivity contribution in [3.63, 3.8) is 0 Å². The standard InChI is InChI=1S/C17H20ClN3O3S2/c1-20(2)26(23,24)13-5-6-15(18)14(10-13)17(22)21-8-3-4-12(11-21)16-19-7-9-25-16/h5-7,9-10,12H,3-4,8,11H2,1-2H3. The molecule has 0 spiro atoms. The van der Waals surface area contributed by atoms with E-state index in [2.05, 4.69) is 4.98 Å². The summed E-state index contributed by atoms with van der Waals surface area (Å²) in [6.45, 7) is 1.19. The molecular formula is C17H20ClN3O3S2. The summed E-state index contributed by atoms with van der Waals surface area (Å²) >= 11 is 7.80. The van der Waals surface area contributed by atoms with Crippen LogP contribution >= 0.6 is 22.9 Å². The zero-order valence-electron chi connectivity index (χ0n) is 14.6. The number of rotatable bonds is 4. The molecule has 9 heteroatoms. The van der Waals surface area contributed by atoms with E-state index in [0.29, 0.717) is 13.1 Å². The normalized spacial score (nSPS) is 18.3. The molecule has 1 unspecified atom stereocenters. The van der Waals surface area contributed by atoms with Crippen LogP contribution in [0.3, 0.4) is 0 Å². The zero-order chi connectivity index (χ0) is 18.9. The lowest BCUT2D eigenvalue weighted by Crippen LogP contribution is -2.39. The van der Waals surface area contributed by atoms with E-state index >= 15 is 0 Å². The minimum absolute atomic E-state index is 0.0590. The van der Waals surface area contributed by atoms with Gasteiger partial charge in [0.05, 0.1) is 20.5 Å². The fourth-order valence-electron chi connectivity index (χ4n) is 3.01. The minimum Gasteiger partial charge on any atom is -0.338 e. The van der Waals surface area contributed by atoms with Crippen LogP contribution in [-0.2, 0) is 10.0 Å². The first kappa shape index (κ1) is 19.3. The summed E-state index contributed by atoms with van der Waals surface area (Å²) in [4.78, 5) is 19.2. The molecule has 1 saturated heterocycles. The first-order valence-corrected chi connectivity index (χ1v) is 10.9. The van der Waals surface area contributed by atoms with Crippen molar-refractivity contribution >= 4 is 38.9 Å². The SMILES string of the molecule is CN(C)S(=O)(=O)c1ccc(Cl)c(C(=O)N2CCCC(c3nccs3)C2)c1. The zero-order valence-corrected chi connectivity index (χ0v) is 16.9. The van der Waals surface area contributed by atoms with Crippen molar-refractivity contribution in [3.05, 3.63) is 45.4 Å². The highest BCUT2D eigenvalue weighted by Crippen LogP contribution is 2.30. The van der Waals surface area contributed by atoms with Crippen molar-refractivity contribution in [1.29, 1.82) is 0 Å². The van der Waals surface area contributed by atoms with Gasteiger partial charge in [-0.1, -0.05) is 11.6 Å². The van der Waals surface area contributed by atoms with E-state index in [-0.39, 0.29) is 27.3 Å². The van der Waals surface area contributed by atoms with E-state index in [1.807, 2.05) is 5.38 Å². The van der Waals surface area contributed by atoms with Crippen LogP contribution in [0.1, 0.15) is 34.1 Å². The molecule has 0 aliphatic carbocycles. The molecule has 1 aliphatic heterocycles. The van der Waals surface area contributed by atoms with Crippen molar-refractivity contribution in [2.45, 2.75) is 23.7 Å². The second-order valence-corrected chi connectivity index (χ2v) is 9.87. The number of aromatic nitrogens is 1. The van der Waals surface area contributed by atoms with Crippen LogP contribution in [0.5, 0.6) is 0 Å². The van der Waals surface area contributed by atoms with Gasteiger partial charge in [-0.15, -0.1) is 11.3 Å². The lowest BCUT2D eigenvalue weighted by Gasteiger charge is -2.32. The number of halogens is 1. The average molecular weight is 414 g/mol. The van der Waals surface area contributed by atoms with Crippen molar-refractivity contribution in [3.8, 4) is 0 Å². The van der Waals surface area contributed by atoms with E-state index in [1.165, 1.54) is 32.3 Å². The molecule has 1 fully saturated rings. The maximum absolute atomic E-state index is 13.0. The summed E-state index contributed by atoms with van der Waals surface area (Å²) in [5.41, 5.74) is 0.217. The molecule has 0 bridgehead atoms. The third kappa shape index (κ3) is 3.78. The monoisotopic (exact) mass is 413 g/mol. The highest BCUT2D eigenvalue weighted by Gasteiger charge is 2.29. The van der Waals surface area contributed by atoms with Gasteiger partial charge in [-0.2, -0.15) is 0 Å². The Kier molecular flexibility index (Phi) is 5.67. The van der Waals surface area contributed by atoms with Gasteiger partial charge in [0.1, 0.15) is 0 Å². The number of piperidine rings is 1. The average Bonchev–Trinajstić information content (AvgIpc) is 3.16.